The molecule has 0 bridgehead atoms. The number of nitrogens with one attached hydrogen (secondary N) is 3. The van der Waals surface area contributed by atoms with E-state index in [0.717, 1.165) is 24.1 Å². The molecule has 4 aromatic rings. The number of likely N-dealkylation sites (tertiary alicyclic amines) is 1. The van der Waals surface area contributed by atoms with E-state index in [2.05, 4.69) is 25.8 Å². The summed E-state index contributed by atoms with van der Waals surface area (Å²) in [6.45, 7) is 6.23. The Bertz CT molecular complexity index is 2590. The third-order valence-electron chi connectivity index (χ3n) is 13.6. The van der Waals surface area contributed by atoms with Crippen LogP contribution in [0, 0.1) is 11.3 Å². The highest BCUT2D eigenvalue weighted by atomic mass is 35.5. The number of piperidine rings is 3. The fourth-order valence-corrected chi connectivity index (χ4v) is 10.1. The van der Waals surface area contributed by atoms with Crippen LogP contribution in [0.15, 0.2) is 53.5 Å². The number of alkyl halides is 2. The topological polar surface area (TPSA) is 174 Å². The number of amides is 4. The van der Waals surface area contributed by atoms with E-state index >= 15 is 8.78 Å². The normalized spacial score (nSPS) is 21.0. The van der Waals surface area contributed by atoms with E-state index in [1.807, 2.05) is 47.9 Å². The molecule has 0 saturated carbocycles. The largest absolute Gasteiger partial charge is 0.478 e. The van der Waals surface area contributed by atoms with Crippen molar-refractivity contribution in [3.8, 4) is 5.75 Å². The Hall–Kier alpha value is -5.88. The average Bonchev–Trinajstić information content (AvgIpc) is 3.58. The summed E-state index contributed by atoms with van der Waals surface area (Å²) >= 11 is 6.58. The van der Waals surface area contributed by atoms with E-state index in [-0.39, 0.29) is 86.6 Å². The number of carbonyl (C=O) groups is 4. The number of hydrogen-bond donors (Lipinski definition) is 3. The van der Waals surface area contributed by atoms with Gasteiger partial charge in [-0.25, -0.2) is 13.8 Å². The van der Waals surface area contributed by atoms with Crippen LogP contribution in [-0.4, -0.2) is 119 Å². The predicted octanol–water partition coefficient (Wildman–Crippen LogP) is 4.72. The first-order valence-electron chi connectivity index (χ1n) is 21.8. The quantitative estimate of drug-likeness (QED) is 0.177. The second-order valence-corrected chi connectivity index (χ2v) is 18.4. The predicted molar refractivity (Wildman–Crippen MR) is 237 cm³/mol. The molecule has 2 aromatic carbocycles. The minimum Gasteiger partial charge on any atom is -0.478 e. The van der Waals surface area contributed by atoms with Crippen molar-refractivity contribution < 1.29 is 32.7 Å². The molecule has 5 aliphatic heterocycles. The van der Waals surface area contributed by atoms with Gasteiger partial charge in [-0.05, 0) is 88.4 Å². The van der Waals surface area contributed by atoms with Crippen LogP contribution in [0.3, 0.4) is 0 Å². The van der Waals surface area contributed by atoms with Crippen molar-refractivity contribution in [2.45, 2.75) is 70.5 Å². The van der Waals surface area contributed by atoms with Crippen molar-refractivity contribution in [2.75, 3.05) is 74.6 Å². The maximum atomic E-state index is 16.2. The summed E-state index contributed by atoms with van der Waals surface area (Å²) in [4.78, 5) is 79.5. The first kappa shape index (κ1) is 43.4. The fraction of sp³-hybridized carbons (Fsp3) is 0.489. The number of halogens is 3. The number of nitrogens with zero attached hydrogens (tertiary/aromatic N) is 7. The Balaban J connectivity index is 0.796. The van der Waals surface area contributed by atoms with Crippen LogP contribution < -0.4 is 36.0 Å². The molecular weight excluding hydrogens is 850 g/mol. The molecule has 338 valence electrons. The van der Waals surface area contributed by atoms with Gasteiger partial charge in [0.2, 0.25) is 17.8 Å². The summed E-state index contributed by atoms with van der Waals surface area (Å²) < 4.78 is 39.6. The number of benzene rings is 2. The molecule has 1 unspecified atom stereocenters. The number of likely N-dealkylation sites (N-methyl/N-ethyl adjacent to an activating group) is 1. The fourth-order valence-electron chi connectivity index (χ4n) is 9.99. The van der Waals surface area contributed by atoms with Crippen molar-refractivity contribution >= 4 is 69.3 Å². The van der Waals surface area contributed by atoms with E-state index in [9.17, 15) is 24.0 Å². The number of imide groups is 1. The molecule has 2 aromatic heterocycles. The maximum absolute atomic E-state index is 16.2. The lowest BCUT2D eigenvalue weighted by atomic mass is 9.68. The lowest BCUT2D eigenvalue weighted by Gasteiger charge is -2.58. The Labute approximate surface area is 373 Å². The smallest absolute Gasteiger partial charge is 0.293 e. The summed E-state index contributed by atoms with van der Waals surface area (Å²) in [5.74, 6) is -3.18. The first-order valence-corrected chi connectivity index (χ1v) is 22.2. The lowest BCUT2D eigenvalue weighted by molar-refractivity contribution is -0.181. The molecule has 9 rings (SSSR count). The SMILES string of the molecule is CNC(=O)COc1cc2cc(Nc3nc(N4CCC(CN5CCC6(CN(c7cccc8c7CN(C7CCC(=O)NC7=O)C8=O)C6)C(F)(F)C5)CC4)ncc3Cl)ccc2n(C(C)C)c1=O. The molecule has 16 nitrogen and oxygen atoms in total. The number of carbonyl (C=O) groups excluding carboxylic acids is 4. The second kappa shape index (κ2) is 16.9. The Morgan fingerprint density at radius 3 is 2.52 bits per heavy atom. The number of anilines is 4. The Kier molecular flexibility index (Phi) is 11.5. The van der Waals surface area contributed by atoms with Gasteiger partial charge in [0.05, 0.1) is 23.7 Å². The highest BCUT2D eigenvalue weighted by molar-refractivity contribution is 6.33. The molecule has 1 atom stereocenters. The molecule has 4 saturated heterocycles. The number of aromatic nitrogens is 3. The molecule has 5 aliphatic rings. The summed E-state index contributed by atoms with van der Waals surface area (Å²) in [5.41, 5.74) is 1.83. The first-order chi connectivity index (χ1) is 30.6. The zero-order valence-corrected chi connectivity index (χ0v) is 36.7. The van der Waals surface area contributed by atoms with Crippen molar-refractivity contribution in [1.29, 1.82) is 0 Å². The van der Waals surface area contributed by atoms with Gasteiger partial charge in [0.1, 0.15) is 11.1 Å². The van der Waals surface area contributed by atoms with E-state index in [1.54, 1.807) is 29.0 Å². The molecule has 1 spiro atoms. The van der Waals surface area contributed by atoms with Crippen molar-refractivity contribution in [2.24, 2.45) is 11.3 Å². The molecule has 7 heterocycles. The minimum atomic E-state index is -2.90. The van der Waals surface area contributed by atoms with Gasteiger partial charge in [0, 0.05) is 86.7 Å². The summed E-state index contributed by atoms with van der Waals surface area (Å²) in [5, 5.41) is 9.14. The van der Waals surface area contributed by atoms with E-state index in [4.69, 9.17) is 21.3 Å². The van der Waals surface area contributed by atoms with Crippen molar-refractivity contribution in [1.82, 2.24) is 35.0 Å². The average molecular weight is 901 g/mol. The molecule has 19 heteroatoms. The number of fused-ring (bicyclic) bond motifs is 2. The number of hydrogen-bond acceptors (Lipinski definition) is 12. The lowest BCUT2D eigenvalue weighted by Crippen LogP contribution is -2.70. The van der Waals surface area contributed by atoms with Gasteiger partial charge >= 0.3 is 0 Å². The van der Waals surface area contributed by atoms with Gasteiger partial charge in [-0.15, -0.1) is 0 Å². The van der Waals surface area contributed by atoms with Gasteiger partial charge < -0.3 is 34.6 Å². The second-order valence-electron chi connectivity index (χ2n) is 18.0. The third kappa shape index (κ3) is 7.99. The molecule has 4 fully saturated rings. The molecular formula is C45H51ClF2N10O6. The van der Waals surface area contributed by atoms with Crippen LogP contribution in [0.2, 0.25) is 5.02 Å². The minimum absolute atomic E-state index is 0.0613. The molecule has 0 aliphatic carbocycles. The molecule has 3 N–H and O–H groups in total. The number of pyridine rings is 1. The Morgan fingerprint density at radius 1 is 1.02 bits per heavy atom. The monoisotopic (exact) mass is 900 g/mol. The highest BCUT2D eigenvalue weighted by Gasteiger charge is 2.63. The van der Waals surface area contributed by atoms with Gasteiger partial charge in [-0.2, -0.15) is 4.98 Å². The summed E-state index contributed by atoms with van der Waals surface area (Å²) in [6.07, 6.45) is 3.90. The van der Waals surface area contributed by atoms with Crippen LogP contribution in [0.5, 0.6) is 5.75 Å². The van der Waals surface area contributed by atoms with Crippen LogP contribution in [0.1, 0.15) is 67.9 Å². The summed E-state index contributed by atoms with van der Waals surface area (Å²) in [7, 11) is 1.50. The van der Waals surface area contributed by atoms with Crippen molar-refractivity contribution in [3.63, 3.8) is 0 Å². The van der Waals surface area contributed by atoms with Crippen LogP contribution >= 0.6 is 11.6 Å². The Morgan fingerprint density at radius 2 is 1.80 bits per heavy atom. The zero-order valence-electron chi connectivity index (χ0n) is 36.0. The number of ether oxygens (including phenoxy) is 1. The maximum Gasteiger partial charge on any atom is 0.293 e. The number of rotatable bonds is 11. The van der Waals surface area contributed by atoms with E-state index < -0.39 is 23.3 Å². The van der Waals surface area contributed by atoms with Crippen molar-refractivity contribution in [3.05, 3.63) is 75.2 Å². The zero-order chi connectivity index (χ0) is 45.1. The highest BCUT2D eigenvalue weighted by Crippen LogP contribution is 2.52. The standard InChI is InChI=1S/C45H51ClF2N10O6/c1-26(2)58-33-8-7-29(17-28(33)18-36(42(58)63)64-22-38(60)49-3)51-39-32(46)19-50-43(53-39)55-14-11-27(12-15-55)20-54-16-13-44(45(47,48)25-54)23-56(24-44)34-6-4-5-30-31(34)21-57(41(30)62)35-9-10-37(59)52-40(35)61/h4-8,17-19,26-27,35H,9-16,20-25H2,1-3H3,(H,49,60)(H,50,51,53)(H,52,59,61). The van der Waals surface area contributed by atoms with Crippen LogP contribution in [-0.2, 0) is 20.9 Å². The van der Waals surface area contributed by atoms with E-state index in [0.29, 0.717) is 71.5 Å². The van der Waals surface area contributed by atoms with Crippen LogP contribution in [0.25, 0.3) is 10.9 Å². The van der Waals surface area contributed by atoms with Crippen LogP contribution in [0.4, 0.5) is 31.9 Å². The van der Waals surface area contributed by atoms with Gasteiger partial charge in [-0.3, -0.25) is 34.2 Å². The summed E-state index contributed by atoms with van der Waals surface area (Å²) in [6, 6.07) is 11.6. The molecule has 64 heavy (non-hydrogen) atoms. The molecule has 0 radical (unpaired) electrons. The molecule has 4 amide bonds. The third-order valence-corrected chi connectivity index (χ3v) is 13.8. The van der Waals surface area contributed by atoms with E-state index in [1.165, 1.54) is 11.9 Å². The van der Waals surface area contributed by atoms with Gasteiger partial charge in [-0.1, -0.05) is 17.7 Å². The van der Waals surface area contributed by atoms with Gasteiger partial charge in [0.25, 0.3) is 23.3 Å². The van der Waals surface area contributed by atoms with Gasteiger partial charge in [0.15, 0.2) is 18.2 Å².